The van der Waals surface area contributed by atoms with Crippen molar-refractivity contribution in [2.24, 2.45) is 5.92 Å². The molecule has 0 amide bonds. The Kier molecular flexibility index (Phi) is 7.08. The fourth-order valence-corrected chi connectivity index (χ4v) is 6.06. The van der Waals surface area contributed by atoms with Crippen molar-refractivity contribution < 1.29 is 26.8 Å². The molecule has 2 aromatic carbocycles. The van der Waals surface area contributed by atoms with Gasteiger partial charge in [0, 0.05) is 29.8 Å². The van der Waals surface area contributed by atoms with Gasteiger partial charge in [-0.2, -0.15) is 9.29 Å². The van der Waals surface area contributed by atoms with Gasteiger partial charge in [-0.3, -0.25) is 0 Å². The van der Waals surface area contributed by atoms with Gasteiger partial charge in [0.25, 0.3) is 0 Å². The lowest BCUT2D eigenvalue weighted by atomic mass is 9.85. The molecule has 0 unspecified atom stereocenters. The zero-order valence-corrected chi connectivity index (χ0v) is 19.1. The maximum Gasteiger partial charge on any atom is 0.243 e. The van der Waals surface area contributed by atoms with E-state index in [0.717, 1.165) is 31.4 Å². The molecule has 1 saturated carbocycles. The van der Waals surface area contributed by atoms with E-state index in [0.29, 0.717) is 17.9 Å². The smallest absolute Gasteiger partial charge is 0.243 e. The van der Waals surface area contributed by atoms with Crippen molar-refractivity contribution in [1.29, 1.82) is 0 Å². The number of halogens is 3. The predicted molar refractivity (Wildman–Crippen MR) is 117 cm³/mol. The second-order valence-corrected chi connectivity index (χ2v) is 10.3. The second-order valence-electron chi connectivity index (χ2n) is 7.98. The molecule has 0 bridgehead atoms. The molecular weight excluding hydrogens is 476 g/mol. The third kappa shape index (κ3) is 4.93. The second kappa shape index (κ2) is 9.84. The zero-order chi connectivity index (χ0) is 23.6. The molecule has 3 aromatic rings. The minimum atomic E-state index is -4.11. The molecule has 1 heterocycles. The molecule has 1 fully saturated rings. The van der Waals surface area contributed by atoms with Crippen LogP contribution < -0.4 is 0 Å². The van der Waals surface area contributed by atoms with Crippen LogP contribution in [0.4, 0.5) is 8.78 Å². The summed E-state index contributed by atoms with van der Waals surface area (Å²) in [5.74, 6) is -2.04. The monoisotopic (exact) mass is 497 g/mol. The van der Waals surface area contributed by atoms with Gasteiger partial charge < -0.3 is 9.63 Å². The summed E-state index contributed by atoms with van der Waals surface area (Å²) in [5.41, 5.74) is -0.331. The average molecular weight is 498 g/mol. The Hall–Kier alpha value is -2.40. The fourth-order valence-electron chi connectivity index (χ4n) is 4.24. The van der Waals surface area contributed by atoms with Crippen molar-refractivity contribution in [2.45, 2.75) is 43.2 Å². The maximum atomic E-state index is 15.0. The number of aliphatic hydroxyl groups excluding tert-OH is 1. The summed E-state index contributed by atoms with van der Waals surface area (Å²) < 4.78 is 62.8. The number of sulfonamides is 1. The molecule has 33 heavy (non-hydrogen) atoms. The van der Waals surface area contributed by atoms with Crippen LogP contribution in [0.3, 0.4) is 0 Å². The van der Waals surface area contributed by atoms with Crippen molar-refractivity contribution in [3.05, 3.63) is 65.0 Å². The topological polar surface area (TPSA) is 96.5 Å². The molecule has 1 aliphatic carbocycles. The van der Waals surface area contributed by atoms with Crippen LogP contribution >= 0.6 is 11.6 Å². The molecule has 11 heteroatoms. The van der Waals surface area contributed by atoms with Gasteiger partial charge in [-0.05, 0) is 55.2 Å². The van der Waals surface area contributed by atoms with Crippen molar-refractivity contribution in [1.82, 2.24) is 14.4 Å². The van der Waals surface area contributed by atoms with Crippen molar-refractivity contribution in [2.75, 3.05) is 6.61 Å². The summed E-state index contributed by atoms with van der Waals surface area (Å²) in [7, 11) is -4.11. The molecule has 0 spiro atoms. The first-order valence-corrected chi connectivity index (χ1v) is 12.3. The minimum absolute atomic E-state index is 0.0153. The van der Waals surface area contributed by atoms with Crippen LogP contribution in [0.2, 0.25) is 5.02 Å². The van der Waals surface area contributed by atoms with E-state index in [-0.39, 0.29) is 34.4 Å². The van der Waals surface area contributed by atoms with Gasteiger partial charge in [-0.1, -0.05) is 29.6 Å². The van der Waals surface area contributed by atoms with Crippen LogP contribution in [0.15, 0.2) is 52.2 Å². The van der Waals surface area contributed by atoms with E-state index in [1.807, 2.05) is 0 Å². The normalized spacial score (nSPS) is 19.2. The molecule has 1 N–H and O–H groups in total. The highest BCUT2D eigenvalue weighted by atomic mass is 35.5. The molecule has 0 aliphatic heterocycles. The molecule has 0 saturated heterocycles. The van der Waals surface area contributed by atoms with Crippen LogP contribution in [-0.4, -0.2) is 40.6 Å². The summed E-state index contributed by atoms with van der Waals surface area (Å²) >= 11 is 5.91. The Morgan fingerprint density at radius 1 is 1.12 bits per heavy atom. The van der Waals surface area contributed by atoms with E-state index in [1.54, 1.807) is 0 Å². The van der Waals surface area contributed by atoms with Gasteiger partial charge >= 0.3 is 0 Å². The van der Waals surface area contributed by atoms with Crippen LogP contribution in [0, 0.1) is 17.6 Å². The quantitative estimate of drug-likeness (QED) is 0.519. The molecule has 0 radical (unpaired) electrons. The number of rotatable bonds is 7. The first-order valence-electron chi connectivity index (χ1n) is 10.4. The lowest BCUT2D eigenvalue weighted by Crippen LogP contribution is -2.46. The minimum Gasteiger partial charge on any atom is -0.396 e. The van der Waals surface area contributed by atoms with Gasteiger partial charge in [0.1, 0.15) is 11.6 Å². The van der Waals surface area contributed by atoms with E-state index in [9.17, 15) is 17.9 Å². The molecule has 1 aromatic heterocycles. The Balaban J connectivity index is 1.75. The number of hydrogen-bond acceptors (Lipinski definition) is 6. The average Bonchev–Trinajstić information content (AvgIpc) is 3.34. The first-order chi connectivity index (χ1) is 15.8. The van der Waals surface area contributed by atoms with Crippen molar-refractivity contribution in [3.63, 3.8) is 0 Å². The van der Waals surface area contributed by atoms with Gasteiger partial charge in [0.15, 0.2) is 0 Å². The van der Waals surface area contributed by atoms with E-state index in [2.05, 4.69) is 14.7 Å². The van der Waals surface area contributed by atoms with Crippen LogP contribution in [0.1, 0.15) is 31.2 Å². The molecule has 176 valence electrons. The number of benzene rings is 2. The van der Waals surface area contributed by atoms with Crippen LogP contribution in [-0.2, 0) is 16.6 Å². The zero-order valence-electron chi connectivity index (χ0n) is 17.5. The van der Waals surface area contributed by atoms with Gasteiger partial charge in [0.05, 0.1) is 10.5 Å². The highest BCUT2D eigenvalue weighted by Crippen LogP contribution is 2.34. The summed E-state index contributed by atoms with van der Waals surface area (Å²) in [6.45, 7) is -0.605. The molecule has 2 atom stereocenters. The SMILES string of the molecule is O=S(=O)(c1ccc(Cl)cc1)N(Cc1cc(F)c(-c2ncon2)cc1F)[C@@H]1CCCC[C@H]1CO. The highest BCUT2D eigenvalue weighted by Gasteiger charge is 2.38. The van der Waals surface area contributed by atoms with E-state index >= 15 is 4.39 Å². The molecule has 7 nitrogen and oxygen atoms in total. The van der Waals surface area contributed by atoms with Gasteiger partial charge in [-0.15, -0.1) is 0 Å². The van der Waals surface area contributed by atoms with E-state index < -0.39 is 34.2 Å². The Morgan fingerprint density at radius 3 is 2.52 bits per heavy atom. The van der Waals surface area contributed by atoms with Crippen molar-refractivity contribution >= 4 is 21.6 Å². The summed E-state index contributed by atoms with van der Waals surface area (Å²) in [6, 6.07) is 6.96. The lowest BCUT2D eigenvalue weighted by molar-refractivity contribution is 0.109. The lowest BCUT2D eigenvalue weighted by Gasteiger charge is -2.38. The number of hydrogen-bond donors (Lipinski definition) is 1. The Bertz CT molecular complexity index is 1210. The largest absolute Gasteiger partial charge is 0.396 e. The van der Waals surface area contributed by atoms with Crippen molar-refractivity contribution in [3.8, 4) is 11.4 Å². The summed E-state index contributed by atoms with van der Waals surface area (Å²) in [6.07, 6.45) is 3.77. The van der Waals surface area contributed by atoms with Crippen LogP contribution in [0.5, 0.6) is 0 Å². The number of aliphatic hydroxyl groups is 1. The summed E-state index contributed by atoms with van der Waals surface area (Å²) in [5, 5.41) is 13.8. The first kappa shape index (κ1) is 23.7. The third-order valence-electron chi connectivity index (χ3n) is 5.96. The van der Waals surface area contributed by atoms with Crippen LogP contribution in [0.25, 0.3) is 11.4 Å². The van der Waals surface area contributed by atoms with Gasteiger partial charge in [-0.25, -0.2) is 17.2 Å². The number of nitrogens with zero attached hydrogens (tertiary/aromatic N) is 3. The molecule has 1 aliphatic rings. The standard InChI is InChI=1S/C22H22ClF2N3O4S/c23-16-5-7-17(8-6-16)33(30,31)28(21-4-2-1-3-14(21)12-29)11-15-9-20(25)18(10-19(15)24)22-26-13-32-27-22/h5-10,13-14,21,29H,1-4,11-12H2/t14-,21+/m0/s1. The number of aromatic nitrogens is 2. The maximum absolute atomic E-state index is 15.0. The highest BCUT2D eigenvalue weighted by molar-refractivity contribution is 7.89. The van der Waals surface area contributed by atoms with E-state index in [4.69, 9.17) is 11.6 Å². The third-order valence-corrected chi connectivity index (χ3v) is 8.10. The Labute approximate surface area is 195 Å². The van der Waals surface area contributed by atoms with E-state index in [1.165, 1.54) is 28.6 Å². The predicted octanol–water partition coefficient (Wildman–Crippen LogP) is 4.41. The van der Waals surface area contributed by atoms with Gasteiger partial charge in [0.2, 0.25) is 22.2 Å². The molecular formula is C22H22ClF2N3O4S. The fraction of sp³-hybridized carbons (Fsp3) is 0.364. The Morgan fingerprint density at radius 2 is 1.85 bits per heavy atom. The summed E-state index contributed by atoms with van der Waals surface area (Å²) in [4.78, 5) is 3.71. The molecule has 4 rings (SSSR count).